The number of nitrogens with zero attached hydrogens (tertiary/aromatic N) is 2. The van der Waals surface area contributed by atoms with Crippen LogP contribution < -0.4 is 5.32 Å². The van der Waals surface area contributed by atoms with Crippen molar-refractivity contribution in [2.45, 2.75) is 58.7 Å². The number of imidazole rings is 1. The first-order chi connectivity index (χ1) is 8.24. The summed E-state index contributed by atoms with van der Waals surface area (Å²) in [4.78, 5) is 4.36. The molecule has 0 amide bonds. The summed E-state index contributed by atoms with van der Waals surface area (Å²) in [5.74, 6) is 1.11. The van der Waals surface area contributed by atoms with Gasteiger partial charge in [0.1, 0.15) is 5.82 Å². The van der Waals surface area contributed by atoms with Gasteiger partial charge in [-0.15, -0.1) is 0 Å². The number of nitrogens with one attached hydrogen (secondary N) is 1. The molecule has 4 heteroatoms. The summed E-state index contributed by atoms with van der Waals surface area (Å²) in [7, 11) is 0. The Morgan fingerprint density at radius 3 is 2.76 bits per heavy atom. The van der Waals surface area contributed by atoms with Gasteiger partial charge < -0.3 is 15.0 Å². The molecule has 0 saturated carbocycles. The topological polar surface area (TPSA) is 50.1 Å². The fourth-order valence-corrected chi connectivity index (χ4v) is 1.75. The van der Waals surface area contributed by atoms with Crippen molar-refractivity contribution in [1.29, 1.82) is 0 Å². The zero-order valence-electron chi connectivity index (χ0n) is 11.0. The van der Waals surface area contributed by atoms with Gasteiger partial charge in [0.25, 0.3) is 0 Å². The van der Waals surface area contributed by atoms with E-state index in [1.165, 1.54) is 6.42 Å². The van der Waals surface area contributed by atoms with Crippen LogP contribution in [0.3, 0.4) is 0 Å². The van der Waals surface area contributed by atoms with Crippen molar-refractivity contribution in [2.24, 2.45) is 0 Å². The van der Waals surface area contributed by atoms with Crippen molar-refractivity contribution in [3.05, 3.63) is 18.2 Å². The van der Waals surface area contributed by atoms with Gasteiger partial charge in [0.05, 0.1) is 6.54 Å². The molecule has 1 rings (SSSR count). The average Bonchev–Trinajstić information content (AvgIpc) is 2.73. The highest BCUT2D eigenvalue weighted by Crippen LogP contribution is 2.04. The van der Waals surface area contributed by atoms with Crippen molar-refractivity contribution in [3.63, 3.8) is 0 Å². The first kappa shape index (κ1) is 14.2. The Hall–Kier alpha value is -0.870. The fraction of sp³-hybridized carbons (Fsp3) is 0.769. The van der Waals surface area contributed by atoms with Crippen LogP contribution in [0.4, 0.5) is 0 Å². The molecule has 0 aliphatic heterocycles. The minimum Gasteiger partial charge on any atom is -0.396 e. The maximum absolute atomic E-state index is 8.69. The number of rotatable bonds is 9. The highest BCUT2D eigenvalue weighted by Gasteiger charge is 2.02. The Balaban J connectivity index is 2.25. The Morgan fingerprint density at radius 2 is 2.06 bits per heavy atom. The van der Waals surface area contributed by atoms with Crippen LogP contribution in [0, 0.1) is 0 Å². The second kappa shape index (κ2) is 8.25. The van der Waals surface area contributed by atoms with Gasteiger partial charge in [-0.1, -0.05) is 26.7 Å². The maximum Gasteiger partial charge on any atom is 0.122 e. The van der Waals surface area contributed by atoms with E-state index in [1.807, 2.05) is 12.4 Å². The number of aliphatic hydroxyl groups excluding tert-OH is 1. The number of aliphatic hydroxyl groups is 1. The molecule has 98 valence electrons. The van der Waals surface area contributed by atoms with Crippen LogP contribution in [0.15, 0.2) is 12.4 Å². The van der Waals surface area contributed by atoms with Crippen molar-refractivity contribution < 1.29 is 5.11 Å². The standard InChI is InChI=1S/C13H25N3O/c1-12(2)15-11-13-14-7-9-16(13)8-5-3-4-6-10-17/h7,9,12,15,17H,3-6,8,10-11H2,1-2H3. The summed E-state index contributed by atoms with van der Waals surface area (Å²) in [6, 6.07) is 0.490. The van der Waals surface area contributed by atoms with Crippen LogP contribution in [0.2, 0.25) is 0 Å². The molecule has 1 aromatic rings. The molecule has 4 nitrogen and oxygen atoms in total. The van der Waals surface area contributed by atoms with Crippen LogP contribution in [-0.4, -0.2) is 27.3 Å². The van der Waals surface area contributed by atoms with Gasteiger partial charge in [0.15, 0.2) is 0 Å². The molecule has 17 heavy (non-hydrogen) atoms. The zero-order valence-corrected chi connectivity index (χ0v) is 11.0. The lowest BCUT2D eigenvalue weighted by Gasteiger charge is -2.10. The molecule has 1 heterocycles. The predicted molar refractivity (Wildman–Crippen MR) is 69.8 cm³/mol. The third kappa shape index (κ3) is 5.84. The van der Waals surface area contributed by atoms with Gasteiger partial charge in [-0.05, 0) is 12.8 Å². The largest absolute Gasteiger partial charge is 0.396 e. The summed E-state index contributed by atoms with van der Waals surface area (Å²) in [5.41, 5.74) is 0. The van der Waals surface area contributed by atoms with E-state index in [-0.39, 0.29) is 0 Å². The van der Waals surface area contributed by atoms with Crippen molar-refractivity contribution in [2.75, 3.05) is 6.61 Å². The summed E-state index contributed by atoms with van der Waals surface area (Å²) >= 11 is 0. The van der Waals surface area contributed by atoms with E-state index in [0.717, 1.165) is 38.2 Å². The van der Waals surface area contributed by atoms with Crippen LogP contribution in [0.25, 0.3) is 0 Å². The Morgan fingerprint density at radius 1 is 1.29 bits per heavy atom. The minimum absolute atomic E-state index is 0.314. The molecule has 2 N–H and O–H groups in total. The van der Waals surface area contributed by atoms with Gasteiger partial charge in [-0.3, -0.25) is 0 Å². The molecular weight excluding hydrogens is 214 g/mol. The lowest BCUT2D eigenvalue weighted by Crippen LogP contribution is -2.24. The molecular formula is C13H25N3O. The number of unbranched alkanes of at least 4 members (excludes halogenated alkanes) is 3. The number of hydrogen-bond acceptors (Lipinski definition) is 3. The van der Waals surface area contributed by atoms with E-state index in [9.17, 15) is 0 Å². The SMILES string of the molecule is CC(C)NCc1nccn1CCCCCCO. The van der Waals surface area contributed by atoms with E-state index in [4.69, 9.17) is 5.11 Å². The molecule has 0 atom stereocenters. The number of hydrogen-bond donors (Lipinski definition) is 2. The van der Waals surface area contributed by atoms with E-state index < -0.39 is 0 Å². The van der Waals surface area contributed by atoms with Crippen molar-refractivity contribution >= 4 is 0 Å². The summed E-state index contributed by atoms with van der Waals surface area (Å²) in [6.45, 7) is 6.46. The number of aryl methyl sites for hydroxylation is 1. The van der Waals surface area contributed by atoms with E-state index >= 15 is 0 Å². The molecule has 0 aromatic carbocycles. The van der Waals surface area contributed by atoms with E-state index in [2.05, 4.69) is 28.7 Å². The third-order valence-corrected chi connectivity index (χ3v) is 2.78. The first-order valence-corrected chi connectivity index (χ1v) is 6.58. The molecule has 1 aromatic heterocycles. The van der Waals surface area contributed by atoms with Gasteiger partial charge in [-0.25, -0.2) is 4.98 Å². The van der Waals surface area contributed by atoms with Crippen molar-refractivity contribution in [1.82, 2.24) is 14.9 Å². The maximum atomic E-state index is 8.69. The van der Waals surface area contributed by atoms with Crippen molar-refractivity contribution in [3.8, 4) is 0 Å². The summed E-state index contributed by atoms with van der Waals surface area (Å²) in [6.07, 6.45) is 8.28. The molecule has 0 unspecified atom stereocenters. The van der Waals surface area contributed by atoms with E-state index in [0.29, 0.717) is 12.6 Å². The lowest BCUT2D eigenvalue weighted by atomic mass is 10.2. The third-order valence-electron chi connectivity index (χ3n) is 2.78. The molecule has 0 aliphatic rings. The highest BCUT2D eigenvalue weighted by atomic mass is 16.2. The summed E-state index contributed by atoms with van der Waals surface area (Å²) < 4.78 is 2.22. The van der Waals surface area contributed by atoms with Gasteiger partial charge >= 0.3 is 0 Å². The second-order valence-corrected chi connectivity index (χ2v) is 4.71. The first-order valence-electron chi connectivity index (χ1n) is 6.58. The predicted octanol–water partition coefficient (Wildman–Crippen LogP) is 1.93. The van der Waals surface area contributed by atoms with Gasteiger partial charge in [-0.2, -0.15) is 0 Å². The number of aromatic nitrogens is 2. The lowest BCUT2D eigenvalue weighted by molar-refractivity contribution is 0.282. The minimum atomic E-state index is 0.314. The molecule has 0 radical (unpaired) electrons. The monoisotopic (exact) mass is 239 g/mol. The molecule has 0 saturated heterocycles. The zero-order chi connectivity index (χ0) is 12.5. The van der Waals surface area contributed by atoms with E-state index in [1.54, 1.807) is 0 Å². The quantitative estimate of drug-likeness (QED) is 0.647. The van der Waals surface area contributed by atoms with Crippen LogP contribution in [-0.2, 0) is 13.1 Å². The smallest absolute Gasteiger partial charge is 0.122 e. The highest BCUT2D eigenvalue weighted by molar-refractivity contribution is 4.92. The molecule has 0 spiro atoms. The molecule has 0 bridgehead atoms. The Labute approximate surface area is 104 Å². The molecule has 0 fully saturated rings. The second-order valence-electron chi connectivity index (χ2n) is 4.71. The van der Waals surface area contributed by atoms with Gasteiger partial charge in [0, 0.05) is 31.6 Å². The van der Waals surface area contributed by atoms with Crippen LogP contribution in [0.5, 0.6) is 0 Å². The summed E-state index contributed by atoms with van der Waals surface area (Å²) in [5, 5.41) is 12.1. The fourth-order valence-electron chi connectivity index (χ4n) is 1.75. The van der Waals surface area contributed by atoms with Gasteiger partial charge in [0.2, 0.25) is 0 Å². The Bertz CT molecular complexity index is 297. The van der Waals surface area contributed by atoms with Crippen LogP contribution >= 0.6 is 0 Å². The van der Waals surface area contributed by atoms with Crippen LogP contribution in [0.1, 0.15) is 45.4 Å². The Kier molecular flexibility index (Phi) is 6.89. The normalized spacial score (nSPS) is 11.3. The molecule has 0 aliphatic carbocycles. The average molecular weight is 239 g/mol.